The zero-order chi connectivity index (χ0) is 28.1. The second kappa shape index (κ2) is 13.1. The number of nitrogens with one attached hydrogen (secondary N) is 2. The summed E-state index contributed by atoms with van der Waals surface area (Å²) in [6.07, 6.45) is 7.82. The van der Waals surface area contributed by atoms with E-state index in [2.05, 4.69) is 51.3 Å². The highest BCUT2D eigenvalue weighted by atomic mass is 19.1. The molecule has 0 saturated carbocycles. The number of rotatable bonds is 10. The first kappa shape index (κ1) is 28.4. The van der Waals surface area contributed by atoms with Crippen LogP contribution in [0.15, 0.2) is 36.8 Å². The van der Waals surface area contributed by atoms with Crippen LogP contribution in [0.3, 0.4) is 0 Å². The highest BCUT2D eigenvalue weighted by Crippen LogP contribution is 2.30. The van der Waals surface area contributed by atoms with Crippen LogP contribution in [0.1, 0.15) is 45.2 Å². The van der Waals surface area contributed by atoms with Crippen LogP contribution in [-0.2, 0) is 4.74 Å². The Balaban J connectivity index is 1.19. The number of piperidine rings is 1. The molecule has 2 aliphatic heterocycles. The van der Waals surface area contributed by atoms with Gasteiger partial charge in [0.05, 0.1) is 30.8 Å². The molecule has 0 bridgehead atoms. The molecule has 9 nitrogen and oxygen atoms in total. The summed E-state index contributed by atoms with van der Waals surface area (Å²) in [4.78, 5) is 13.8. The molecule has 2 aliphatic rings. The number of benzene rings is 1. The number of aryl methyl sites for hydroxylation is 1. The van der Waals surface area contributed by atoms with Crippen LogP contribution in [0.5, 0.6) is 0 Å². The lowest BCUT2D eigenvalue weighted by atomic mass is 9.91. The number of aromatic nitrogens is 4. The van der Waals surface area contributed by atoms with Gasteiger partial charge in [0, 0.05) is 75.0 Å². The summed E-state index contributed by atoms with van der Waals surface area (Å²) in [5, 5.41) is 11.3. The van der Waals surface area contributed by atoms with Crippen LogP contribution in [0.4, 0.5) is 21.7 Å². The van der Waals surface area contributed by atoms with Gasteiger partial charge in [-0.2, -0.15) is 5.10 Å². The first-order valence-electron chi connectivity index (χ1n) is 14.6. The van der Waals surface area contributed by atoms with Crippen LogP contribution >= 0.6 is 0 Å². The number of ether oxygens (including phenoxy) is 1. The largest absolute Gasteiger partial charge is 0.379 e. The third kappa shape index (κ3) is 6.97. The van der Waals surface area contributed by atoms with Crippen molar-refractivity contribution in [3.05, 3.63) is 48.2 Å². The molecule has 2 atom stereocenters. The van der Waals surface area contributed by atoms with E-state index in [9.17, 15) is 0 Å². The minimum Gasteiger partial charge on any atom is -0.379 e. The molecule has 10 heteroatoms. The lowest BCUT2D eigenvalue weighted by Crippen LogP contribution is -2.47. The van der Waals surface area contributed by atoms with Gasteiger partial charge in [0.25, 0.3) is 0 Å². The molecule has 2 saturated heterocycles. The first-order valence-corrected chi connectivity index (χ1v) is 14.6. The molecule has 0 amide bonds. The van der Waals surface area contributed by atoms with Crippen LogP contribution < -0.4 is 15.5 Å². The van der Waals surface area contributed by atoms with Crippen molar-refractivity contribution in [3.8, 4) is 11.3 Å². The zero-order valence-electron chi connectivity index (χ0n) is 24.2. The van der Waals surface area contributed by atoms with Crippen LogP contribution in [-0.4, -0.2) is 83.2 Å². The fourth-order valence-corrected chi connectivity index (χ4v) is 5.59. The van der Waals surface area contributed by atoms with Gasteiger partial charge in [-0.3, -0.25) is 9.58 Å². The van der Waals surface area contributed by atoms with Crippen molar-refractivity contribution in [1.82, 2.24) is 30.0 Å². The number of anilines is 3. The van der Waals surface area contributed by atoms with Gasteiger partial charge in [0.1, 0.15) is 5.82 Å². The Hall–Kier alpha value is -3.08. The minimum absolute atomic E-state index is 0.232. The smallest absolute Gasteiger partial charge is 0.227 e. The van der Waals surface area contributed by atoms with E-state index >= 15 is 4.39 Å². The number of nitrogens with zero attached hydrogens (tertiary/aromatic N) is 6. The van der Waals surface area contributed by atoms with E-state index in [1.165, 1.54) is 0 Å². The van der Waals surface area contributed by atoms with Gasteiger partial charge in [-0.1, -0.05) is 0 Å². The first-order chi connectivity index (χ1) is 19.4. The Morgan fingerprint density at radius 1 is 1.12 bits per heavy atom. The van der Waals surface area contributed by atoms with Crippen molar-refractivity contribution in [3.63, 3.8) is 0 Å². The molecule has 3 aromatic rings. The number of hydrogen-bond acceptors (Lipinski definition) is 8. The van der Waals surface area contributed by atoms with Gasteiger partial charge >= 0.3 is 0 Å². The van der Waals surface area contributed by atoms with E-state index in [1.54, 1.807) is 12.3 Å². The van der Waals surface area contributed by atoms with Crippen molar-refractivity contribution in [1.29, 1.82) is 0 Å². The van der Waals surface area contributed by atoms with Crippen LogP contribution in [0.2, 0.25) is 0 Å². The maximum atomic E-state index is 15.4. The molecule has 5 rings (SSSR count). The predicted molar refractivity (Wildman–Crippen MR) is 158 cm³/mol. The molecule has 40 heavy (non-hydrogen) atoms. The minimum atomic E-state index is -0.232. The fraction of sp³-hybridized carbons (Fsp3) is 0.567. The zero-order valence-corrected chi connectivity index (χ0v) is 24.2. The van der Waals surface area contributed by atoms with E-state index < -0.39 is 0 Å². The Morgan fingerprint density at radius 3 is 2.70 bits per heavy atom. The molecular formula is C30H43FN8O. The normalized spacial score (nSPS) is 19.2. The molecule has 2 N–H and O–H groups in total. The quantitative estimate of drug-likeness (QED) is 0.378. The van der Waals surface area contributed by atoms with E-state index in [0.717, 1.165) is 82.1 Å². The van der Waals surface area contributed by atoms with Gasteiger partial charge < -0.3 is 20.3 Å². The highest BCUT2D eigenvalue weighted by Gasteiger charge is 2.26. The Morgan fingerprint density at radius 2 is 1.95 bits per heavy atom. The lowest BCUT2D eigenvalue weighted by Gasteiger charge is -2.38. The van der Waals surface area contributed by atoms with Crippen LogP contribution in [0, 0.1) is 18.7 Å². The maximum Gasteiger partial charge on any atom is 0.227 e. The molecule has 2 fully saturated rings. The Labute approximate surface area is 237 Å². The molecule has 0 radical (unpaired) electrons. The van der Waals surface area contributed by atoms with E-state index in [1.807, 2.05) is 36.1 Å². The highest BCUT2D eigenvalue weighted by molar-refractivity contribution is 5.65. The SMILES string of the molecule is Cc1cnc(Nc2ccc(N3CCC[C@@H](C(C)NCCN4CCOCC4)C3)c(F)c2)nc1-c1cnn(C(C)C)c1. The van der Waals surface area contributed by atoms with Gasteiger partial charge in [0.2, 0.25) is 5.95 Å². The van der Waals surface area contributed by atoms with Crippen molar-refractivity contribution in [2.75, 3.05) is 62.7 Å². The summed E-state index contributed by atoms with van der Waals surface area (Å²) < 4.78 is 22.7. The molecule has 216 valence electrons. The van der Waals surface area contributed by atoms with Crippen molar-refractivity contribution < 1.29 is 9.13 Å². The molecule has 1 unspecified atom stereocenters. The standard InChI is InChI=1S/C30H43FN8O/c1-21(2)39-20-25(18-34-39)29-22(3)17-33-30(36-29)35-26-7-8-28(27(31)16-26)38-10-5-6-24(19-38)23(4)32-9-11-37-12-14-40-15-13-37/h7-8,16-18,20-21,23-24,32H,5-6,9-15,19H2,1-4H3,(H,33,35,36)/t23?,24-/m1/s1. The summed E-state index contributed by atoms with van der Waals surface area (Å²) in [6.45, 7) is 15.8. The Bertz CT molecular complexity index is 1260. The molecule has 4 heterocycles. The summed E-state index contributed by atoms with van der Waals surface area (Å²) in [6, 6.07) is 5.98. The second-order valence-corrected chi connectivity index (χ2v) is 11.4. The number of hydrogen-bond donors (Lipinski definition) is 2. The second-order valence-electron chi connectivity index (χ2n) is 11.4. The molecule has 2 aromatic heterocycles. The van der Waals surface area contributed by atoms with Gasteiger partial charge in [0.15, 0.2) is 0 Å². The molecule has 0 aliphatic carbocycles. The van der Waals surface area contributed by atoms with Crippen molar-refractivity contribution in [2.45, 2.75) is 52.6 Å². The average Bonchev–Trinajstić information content (AvgIpc) is 3.45. The summed E-state index contributed by atoms with van der Waals surface area (Å²) in [7, 11) is 0. The maximum absolute atomic E-state index is 15.4. The summed E-state index contributed by atoms with van der Waals surface area (Å²) >= 11 is 0. The predicted octanol–water partition coefficient (Wildman–Crippen LogP) is 4.64. The van der Waals surface area contributed by atoms with E-state index in [4.69, 9.17) is 9.72 Å². The van der Waals surface area contributed by atoms with Crippen LogP contribution in [0.25, 0.3) is 11.3 Å². The van der Waals surface area contributed by atoms with Gasteiger partial charge in [-0.25, -0.2) is 14.4 Å². The van der Waals surface area contributed by atoms with Gasteiger partial charge in [-0.05, 0) is 70.2 Å². The molecule has 1 aromatic carbocycles. The fourth-order valence-electron chi connectivity index (χ4n) is 5.59. The third-order valence-electron chi connectivity index (χ3n) is 8.08. The average molecular weight is 551 g/mol. The van der Waals surface area contributed by atoms with Crippen molar-refractivity contribution in [2.24, 2.45) is 5.92 Å². The monoisotopic (exact) mass is 550 g/mol. The summed E-state index contributed by atoms with van der Waals surface area (Å²) in [5.74, 6) is 0.680. The molecular weight excluding hydrogens is 507 g/mol. The summed E-state index contributed by atoms with van der Waals surface area (Å²) in [5.41, 5.74) is 3.99. The lowest BCUT2D eigenvalue weighted by molar-refractivity contribution is 0.0379. The van der Waals surface area contributed by atoms with Crippen molar-refractivity contribution >= 4 is 17.3 Å². The van der Waals surface area contributed by atoms with Gasteiger partial charge in [-0.15, -0.1) is 0 Å². The number of halogens is 1. The van der Waals surface area contributed by atoms with E-state index in [0.29, 0.717) is 29.3 Å². The third-order valence-corrected chi connectivity index (χ3v) is 8.08. The topological polar surface area (TPSA) is 83.4 Å². The molecule has 0 spiro atoms. The Kier molecular flexibility index (Phi) is 9.29. The number of morpholine rings is 1. The van der Waals surface area contributed by atoms with E-state index in [-0.39, 0.29) is 11.9 Å².